The van der Waals surface area contributed by atoms with Gasteiger partial charge in [0.15, 0.2) is 0 Å². The van der Waals surface area contributed by atoms with Crippen molar-refractivity contribution in [3.63, 3.8) is 0 Å². The highest BCUT2D eigenvalue weighted by atomic mass is 16.5. The Kier molecular flexibility index (Phi) is 6.17. The van der Waals surface area contributed by atoms with Gasteiger partial charge in [-0.05, 0) is 40.0 Å². The fourth-order valence-electron chi connectivity index (χ4n) is 3.18. The molecule has 0 unspecified atom stereocenters. The summed E-state index contributed by atoms with van der Waals surface area (Å²) in [5.74, 6) is -0.0526. The van der Waals surface area contributed by atoms with E-state index in [0.29, 0.717) is 12.6 Å². The number of amides is 1. The summed E-state index contributed by atoms with van der Waals surface area (Å²) in [6, 6.07) is -0.0613. The molecule has 7 heteroatoms. The monoisotopic (exact) mass is 315 g/mol. The first-order chi connectivity index (χ1) is 10.4. The Balaban J connectivity index is 1.85. The summed E-state index contributed by atoms with van der Waals surface area (Å²) in [4.78, 5) is 18.3. The Morgan fingerprint density at radius 3 is 2.50 bits per heavy atom. The lowest BCUT2D eigenvalue weighted by Gasteiger charge is -2.39. The van der Waals surface area contributed by atoms with Crippen LogP contribution < -0.4 is 0 Å². The summed E-state index contributed by atoms with van der Waals surface area (Å²) in [7, 11) is 5.76. The van der Waals surface area contributed by atoms with Gasteiger partial charge in [0.2, 0.25) is 5.91 Å². The molecule has 128 valence electrons. The molecule has 2 rings (SSSR count). The third-order valence-corrected chi connectivity index (χ3v) is 4.95. The molecule has 0 saturated carbocycles. The number of hydrogen-bond donors (Lipinski definition) is 2. The highest BCUT2D eigenvalue weighted by Gasteiger charge is 2.36. The van der Waals surface area contributed by atoms with Gasteiger partial charge in [0.25, 0.3) is 0 Å². The van der Waals surface area contributed by atoms with E-state index in [4.69, 9.17) is 4.74 Å². The molecule has 0 aromatic rings. The number of rotatable bonds is 4. The standard InChI is InChI=1S/C15H29N3O4/c1-16-6-4-11(5-7-16)17(2)8-14(20)18(3)12-9-22-10-13(19)15(12)21/h11-13,15,19,21H,4-10H2,1-3H3/t12-,13-,15+/m1/s1. The van der Waals surface area contributed by atoms with Crippen LogP contribution in [0.1, 0.15) is 12.8 Å². The minimum atomic E-state index is -0.948. The van der Waals surface area contributed by atoms with Gasteiger partial charge in [-0.3, -0.25) is 9.69 Å². The van der Waals surface area contributed by atoms with Crippen molar-refractivity contribution < 1.29 is 19.7 Å². The van der Waals surface area contributed by atoms with E-state index < -0.39 is 18.2 Å². The molecule has 0 radical (unpaired) electrons. The van der Waals surface area contributed by atoms with E-state index in [0.717, 1.165) is 25.9 Å². The second-order valence-electron chi connectivity index (χ2n) is 6.62. The van der Waals surface area contributed by atoms with Crippen LogP contribution in [0.3, 0.4) is 0 Å². The van der Waals surface area contributed by atoms with Crippen molar-refractivity contribution in [1.29, 1.82) is 0 Å². The Hall–Kier alpha value is -0.730. The van der Waals surface area contributed by atoms with Crippen LogP contribution in [0.4, 0.5) is 0 Å². The number of piperidine rings is 1. The molecule has 1 amide bonds. The summed E-state index contributed by atoms with van der Waals surface area (Å²) in [5.41, 5.74) is 0. The van der Waals surface area contributed by atoms with Gasteiger partial charge in [-0.25, -0.2) is 0 Å². The molecule has 3 atom stereocenters. The third-order valence-electron chi connectivity index (χ3n) is 4.95. The van der Waals surface area contributed by atoms with E-state index in [1.54, 1.807) is 7.05 Å². The van der Waals surface area contributed by atoms with Gasteiger partial charge in [-0.15, -0.1) is 0 Å². The Labute approximate surface area is 132 Å². The zero-order chi connectivity index (χ0) is 16.3. The first-order valence-electron chi connectivity index (χ1n) is 7.98. The predicted octanol–water partition coefficient (Wildman–Crippen LogP) is -1.41. The maximum Gasteiger partial charge on any atom is 0.236 e. The molecule has 7 nitrogen and oxygen atoms in total. The van der Waals surface area contributed by atoms with Crippen molar-refractivity contribution in [1.82, 2.24) is 14.7 Å². The van der Waals surface area contributed by atoms with E-state index in [-0.39, 0.29) is 19.1 Å². The zero-order valence-electron chi connectivity index (χ0n) is 13.8. The van der Waals surface area contributed by atoms with Crippen molar-refractivity contribution in [3.8, 4) is 0 Å². The van der Waals surface area contributed by atoms with Crippen molar-refractivity contribution in [2.75, 3.05) is 54.0 Å². The predicted molar refractivity (Wildman–Crippen MR) is 82.5 cm³/mol. The lowest BCUT2D eigenvalue weighted by atomic mass is 10.0. The fraction of sp³-hybridized carbons (Fsp3) is 0.933. The number of aliphatic hydroxyl groups is 2. The smallest absolute Gasteiger partial charge is 0.236 e. The number of carbonyl (C=O) groups excluding carboxylic acids is 1. The van der Waals surface area contributed by atoms with Crippen LogP contribution in [-0.2, 0) is 9.53 Å². The minimum absolute atomic E-state index is 0.0526. The normalized spacial score (nSPS) is 31.5. The number of carbonyl (C=O) groups is 1. The topological polar surface area (TPSA) is 76.5 Å². The van der Waals surface area contributed by atoms with Crippen LogP contribution in [0.15, 0.2) is 0 Å². The molecule has 2 fully saturated rings. The third kappa shape index (κ3) is 4.17. The number of aliphatic hydroxyl groups excluding tert-OH is 2. The average Bonchev–Trinajstić information content (AvgIpc) is 2.50. The van der Waals surface area contributed by atoms with Crippen LogP contribution in [0, 0.1) is 0 Å². The maximum atomic E-state index is 12.4. The summed E-state index contributed by atoms with van der Waals surface area (Å²) >= 11 is 0. The maximum absolute atomic E-state index is 12.4. The molecule has 22 heavy (non-hydrogen) atoms. The molecule has 0 aliphatic carbocycles. The molecule has 0 aromatic carbocycles. The Bertz CT molecular complexity index is 374. The molecule has 2 N–H and O–H groups in total. The molecule has 0 spiro atoms. The zero-order valence-corrected chi connectivity index (χ0v) is 13.8. The number of hydrogen-bond acceptors (Lipinski definition) is 6. The first-order valence-corrected chi connectivity index (χ1v) is 7.98. The van der Waals surface area contributed by atoms with E-state index in [1.165, 1.54) is 4.90 Å². The molecule has 2 aliphatic rings. The van der Waals surface area contributed by atoms with E-state index in [1.807, 2.05) is 7.05 Å². The number of likely N-dealkylation sites (tertiary alicyclic amines) is 1. The summed E-state index contributed by atoms with van der Waals surface area (Å²) < 4.78 is 5.25. The van der Waals surface area contributed by atoms with Crippen molar-refractivity contribution in [2.45, 2.75) is 37.1 Å². The highest BCUT2D eigenvalue weighted by molar-refractivity contribution is 5.78. The summed E-state index contributed by atoms with van der Waals surface area (Å²) in [6.45, 7) is 2.82. The molecular formula is C15H29N3O4. The van der Waals surface area contributed by atoms with Gasteiger partial charge in [0, 0.05) is 13.1 Å². The quantitative estimate of drug-likeness (QED) is 0.664. The van der Waals surface area contributed by atoms with Crippen LogP contribution in [0.25, 0.3) is 0 Å². The highest BCUT2D eigenvalue weighted by Crippen LogP contribution is 2.16. The summed E-state index contributed by atoms with van der Waals surface area (Å²) in [5, 5.41) is 19.7. The van der Waals surface area contributed by atoms with E-state index in [9.17, 15) is 15.0 Å². The van der Waals surface area contributed by atoms with Crippen molar-refractivity contribution in [2.24, 2.45) is 0 Å². The van der Waals surface area contributed by atoms with Crippen molar-refractivity contribution in [3.05, 3.63) is 0 Å². The summed E-state index contributed by atoms with van der Waals surface area (Å²) in [6.07, 6.45) is 0.257. The van der Waals surface area contributed by atoms with Crippen molar-refractivity contribution >= 4 is 5.91 Å². The molecule has 2 saturated heterocycles. The molecular weight excluding hydrogens is 286 g/mol. The fourth-order valence-corrected chi connectivity index (χ4v) is 3.18. The molecule has 2 aliphatic heterocycles. The molecule has 0 aromatic heterocycles. The number of nitrogens with zero attached hydrogens (tertiary/aromatic N) is 3. The van der Waals surface area contributed by atoms with Crippen LogP contribution in [-0.4, -0.2) is 109 Å². The van der Waals surface area contributed by atoms with E-state index >= 15 is 0 Å². The SMILES string of the molecule is CN1CCC(N(C)CC(=O)N(C)[C@@H]2COC[C@@H](O)[C@H]2O)CC1. The first kappa shape index (κ1) is 17.6. The van der Waals surface area contributed by atoms with E-state index in [2.05, 4.69) is 16.8 Å². The minimum Gasteiger partial charge on any atom is -0.388 e. The lowest BCUT2D eigenvalue weighted by Crippen LogP contribution is -2.58. The van der Waals surface area contributed by atoms with Crippen LogP contribution in [0.5, 0.6) is 0 Å². The molecule has 2 heterocycles. The van der Waals surface area contributed by atoms with Gasteiger partial charge in [-0.1, -0.05) is 0 Å². The lowest BCUT2D eigenvalue weighted by molar-refractivity contribution is -0.154. The molecule has 0 bridgehead atoms. The number of ether oxygens (including phenoxy) is 1. The largest absolute Gasteiger partial charge is 0.388 e. The second-order valence-corrected chi connectivity index (χ2v) is 6.62. The Morgan fingerprint density at radius 2 is 1.86 bits per heavy atom. The van der Waals surface area contributed by atoms with Gasteiger partial charge < -0.3 is 24.7 Å². The number of likely N-dealkylation sites (N-methyl/N-ethyl adjacent to an activating group) is 2. The average molecular weight is 315 g/mol. The second kappa shape index (κ2) is 7.70. The van der Waals surface area contributed by atoms with Crippen LogP contribution in [0.2, 0.25) is 0 Å². The van der Waals surface area contributed by atoms with Gasteiger partial charge in [-0.2, -0.15) is 0 Å². The van der Waals surface area contributed by atoms with Crippen LogP contribution >= 0.6 is 0 Å². The van der Waals surface area contributed by atoms with Gasteiger partial charge in [0.05, 0.1) is 25.8 Å². The van der Waals surface area contributed by atoms with Gasteiger partial charge >= 0.3 is 0 Å². The Morgan fingerprint density at radius 1 is 1.23 bits per heavy atom. The van der Waals surface area contributed by atoms with Gasteiger partial charge in [0.1, 0.15) is 12.2 Å².